The number of aryl methyl sites for hydroxylation is 1. The standard InChI is InChI=1S/C24H28N8O2/c1-24(2,3)34-23(33)31-11-9-30(10-12-31)21-6-5-17(13-25-21)22-20-7-8-26-32(20)16-19(28-22)18-14-27-29(4)15-18/h5-8,13-16H,9-12H2,1-4H3. The van der Waals surface area contributed by atoms with Gasteiger partial charge < -0.3 is 14.5 Å². The van der Waals surface area contributed by atoms with Crippen LogP contribution in [0, 0.1) is 0 Å². The van der Waals surface area contributed by atoms with Gasteiger partial charge in [0.05, 0.1) is 35.5 Å². The molecular weight excluding hydrogens is 432 g/mol. The van der Waals surface area contributed by atoms with Crippen LogP contribution in [0.2, 0.25) is 0 Å². The number of carbonyl (C=O) groups is 1. The van der Waals surface area contributed by atoms with E-state index in [1.807, 2.05) is 69.1 Å². The summed E-state index contributed by atoms with van der Waals surface area (Å²) >= 11 is 0. The molecule has 0 atom stereocenters. The molecule has 5 rings (SSSR count). The number of fused-ring (bicyclic) bond motifs is 1. The molecule has 0 aliphatic carbocycles. The summed E-state index contributed by atoms with van der Waals surface area (Å²) in [5.74, 6) is 0.875. The number of hydrogen-bond donors (Lipinski definition) is 0. The number of rotatable bonds is 3. The van der Waals surface area contributed by atoms with Crippen LogP contribution in [-0.4, -0.2) is 72.1 Å². The molecule has 1 aliphatic heterocycles. The lowest BCUT2D eigenvalue weighted by atomic mass is 10.1. The predicted molar refractivity (Wildman–Crippen MR) is 128 cm³/mol. The lowest BCUT2D eigenvalue weighted by molar-refractivity contribution is 0.0240. The number of piperazine rings is 1. The fraction of sp³-hybridized carbons (Fsp3) is 0.375. The zero-order valence-electron chi connectivity index (χ0n) is 19.8. The van der Waals surface area contributed by atoms with Crippen LogP contribution in [0.4, 0.5) is 10.6 Å². The van der Waals surface area contributed by atoms with E-state index in [0.717, 1.165) is 33.8 Å². The number of pyridine rings is 1. The Bertz CT molecular complexity index is 1310. The SMILES string of the molecule is Cn1cc(-c2cn3nccc3c(-c3ccc(N4CCN(C(=O)OC(C)(C)C)CC4)nc3)n2)cn1. The minimum Gasteiger partial charge on any atom is -0.444 e. The Labute approximate surface area is 197 Å². The molecular formula is C24H28N8O2. The van der Waals surface area contributed by atoms with E-state index in [-0.39, 0.29) is 6.09 Å². The molecule has 0 unspecified atom stereocenters. The van der Waals surface area contributed by atoms with Crippen molar-refractivity contribution in [3.63, 3.8) is 0 Å². The van der Waals surface area contributed by atoms with Gasteiger partial charge in [-0.15, -0.1) is 0 Å². The van der Waals surface area contributed by atoms with Crippen LogP contribution < -0.4 is 4.90 Å². The van der Waals surface area contributed by atoms with Gasteiger partial charge in [-0.1, -0.05) is 0 Å². The highest BCUT2D eigenvalue weighted by atomic mass is 16.6. The number of anilines is 1. The van der Waals surface area contributed by atoms with Crippen LogP contribution in [0.25, 0.3) is 28.0 Å². The summed E-state index contributed by atoms with van der Waals surface area (Å²) < 4.78 is 9.07. The quantitative estimate of drug-likeness (QED) is 0.463. The number of nitrogens with zero attached hydrogens (tertiary/aromatic N) is 8. The van der Waals surface area contributed by atoms with Crippen LogP contribution in [-0.2, 0) is 11.8 Å². The molecule has 4 aromatic heterocycles. The first-order valence-electron chi connectivity index (χ1n) is 11.3. The molecule has 0 bridgehead atoms. The Hall–Kier alpha value is -3.95. The first-order chi connectivity index (χ1) is 16.3. The highest BCUT2D eigenvalue weighted by Crippen LogP contribution is 2.27. The van der Waals surface area contributed by atoms with Crippen molar-refractivity contribution in [1.29, 1.82) is 0 Å². The van der Waals surface area contributed by atoms with Crippen molar-refractivity contribution < 1.29 is 9.53 Å². The number of aromatic nitrogens is 6. The second kappa shape index (κ2) is 8.44. The molecule has 0 aromatic carbocycles. The molecule has 1 amide bonds. The minimum atomic E-state index is -0.491. The van der Waals surface area contributed by atoms with Crippen molar-refractivity contribution in [2.75, 3.05) is 31.1 Å². The van der Waals surface area contributed by atoms with E-state index in [1.54, 1.807) is 22.0 Å². The van der Waals surface area contributed by atoms with E-state index in [0.29, 0.717) is 26.2 Å². The molecule has 0 N–H and O–H groups in total. The van der Waals surface area contributed by atoms with Gasteiger partial charge in [0.25, 0.3) is 0 Å². The van der Waals surface area contributed by atoms with Gasteiger partial charge in [0.2, 0.25) is 0 Å². The second-order valence-corrected chi connectivity index (χ2v) is 9.40. The summed E-state index contributed by atoms with van der Waals surface area (Å²) in [6, 6.07) is 5.98. The second-order valence-electron chi connectivity index (χ2n) is 9.40. The summed E-state index contributed by atoms with van der Waals surface area (Å²) in [7, 11) is 1.88. The van der Waals surface area contributed by atoms with Crippen molar-refractivity contribution in [1.82, 2.24) is 34.3 Å². The van der Waals surface area contributed by atoms with Gasteiger partial charge in [-0.05, 0) is 39.0 Å². The summed E-state index contributed by atoms with van der Waals surface area (Å²) in [6.07, 6.45) is 8.97. The monoisotopic (exact) mass is 460 g/mol. The van der Waals surface area contributed by atoms with Gasteiger partial charge in [0, 0.05) is 56.7 Å². The Morgan fingerprint density at radius 1 is 0.971 bits per heavy atom. The molecule has 1 fully saturated rings. The highest BCUT2D eigenvalue weighted by molar-refractivity contribution is 5.78. The molecule has 0 spiro atoms. The number of carbonyl (C=O) groups excluding carboxylic acids is 1. The van der Waals surface area contributed by atoms with Crippen molar-refractivity contribution in [3.8, 4) is 22.5 Å². The summed E-state index contributed by atoms with van der Waals surface area (Å²) in [4.78, 5) is 25.9. The molecule has 4 aromatic rings. The lowest BCUT2D eigenvalue weighted by Crippen LogP contribution is -2.50. The summed E-state index contributed by atoms with van der Waals surface area (Å²) in [5, 5.41) is 8.67. The molecule has 10 heteroatoms. The highest BCUT2D eigenvalue weighted by Gasteiger charge is 2.26. The van der Waals surface area contributed by atoms with Crippen molar-refractivity contribution in [2.24, 2.45) is 7.05 Å². The number of hydrogen-bond acceptors (Lipinski definition) is 7. The maximum atomic E-state index is 12.3. The van der Waals surface area contributed by atoms with Crippen molar-refractivity contribution in [3.05, 3.63) is 49.2 Å². The van der Waals surface area contributed by atoms with E-state index < -0.39 is 5.60 Å². The molecule has 0 radical (unpaired) electrons. The molecule has 0 saturated carbocycles. The molecule has 1 aliphatic rings. The van der Waals surface area contributed by atoms with Gasteiger partial charge in [-0.2, -0.15) is 10.2 Å². The third kappa shape index (κ3) is 4.43. The van der Waals surface area contributed by atoms with Gasteiger partial charge in [0.1, 0.15) is 11.4 Å². The Morgan fingerprint density at radius 2 is 1.76 bits per heavy atom. The summed E-state index contributed by atoms with van der Waals surface area (Å²) in [5.41, 5.74) is 3.86. The molecule has 34 heavy (non-hydrogen) atoms. The maximum absolute atomic E-state index is 12.3. The van der Waals surface area contributed by atoms with Crippen molar-refractivity contribution in [2.45, 2.75) is 26.4 Å². The fourth-order valence-electron chi connectivity index (χ4n) is 3.99. The molecule has 5 heterocycles. The van der Waals surface area contributed by atoms with Crippen LogP contribution in [0.3, 0.4) is 0 Å². The van der Waals surface area contributed by atoms with E-state index in [2.05, 4.69) is 15.1 Å². The fourth-order valence-corrected chi connectivity index (χ4v) is 3.99. The number of ether oxygens (including phenoxy) is 1. The largest absolute Gasteiger partial charge is 0.444 e. The van der Waals surface area contributed by atoms with Crippen LogP contribution in [0.1, 0.15) is 20.8 Å². The van der Waals surface area contributed by atoms with Crippen molar-refractivity contribution >= 4 is 17.4 Å². The van der Waals surface area contributed by atoms with E-state index in [4.69, 9.17) is 14.7 Å². The predicted octanol–water partition coefficient (Wildman–Crippen LogP) is 3.25. The normalized spacial score (nSPS) is 14.6. The van der Waals surface area contributed by atoms with Crippen LogP contribution in [0.15, 0.2) is 49.2 Å². The van der Waals surface area contributed by atoms with Gasteiger partial charge in [-0.25, -0.2) is 19.3 Å². The van der Waals surface area contributed by atoms with Gasteiger partial charge >= 0.3 is 6.09 Å². The van der Waals surface area contributed by atoms with E-state index in [1.165, 1.54) is 0 Å². The Morgan fingerprint density at radius 3 is 2.41 bits per heavy atom. The smallest absolute Gasteiger partial charge is 0.410 e. The zero-order chi connectivity index (χ0) is 23.9. The van der Waals surface area contributed by atoms with Crippen LogP contribution >= 0.6 is 0 Å². The molecule has 10 nitrogen and oxygen atoms in total. The average molecular weight is 461 g/mol. The molecule has 1 saturated heterocycles. The summed E-state index contributed by atoms with van der Waals surface area (Å²) in [6.45, 7) is 8.25. The first-order valence-corrected chi connectivity index (χ1v) is 11.3. The van der Waals surface area contributed by atoms with E-state index >= 15 is 0 Å². The van der Waals surface area contributed by atoms with E-state index in [9.17, 15) is 4.79 Å². The lowest BCUT2D eigenvalue weighted by Gasteiger charge is -2.36. The Kier molecular flexibility index (Phi) is 5.43. The first kappa shape index (κ1) is 21.9. The van der Waals surface area contributed by atoms with Gasteiger partial charge in [-0.3, -0.25) is 4.68 Å². The minimum absolute atomic E-state index is 0.264. The van der Waals surface area contributed by atoms with Gasteiger partial charge in [0.15, 0.2) is 0 Å². The van der Waals surface area contributed by atoms with Crippen LogP contribution in [0.5, 0.6) is 0 Å². The molecule has 176 valence electrons. The maximum Gasteiger partial charge on any atom is 0.410 e. The Balaban J connectivity index is 1.34. The third-order valence-corrected chi connectivity index (χ3v) is 5.67. The third-order valence-electron chi connectivity index (χ3n) is 5.67. The zero-order valence-corrected chi connectivity index (χ0v) is 19.8. The number of amides is 1. The topological polar surface area (TPSA) is 93.7 Å². The average Bonchev–Trinajstić information content (AvgIpc) is 3.46.